The molecule has 0 atom stereocenters. The number of nitrogens with zero attached hydrogens (tertiary/aromatic N) is 1. The first-order valence-corrected chi connectivity index (χ1v) is 9.09. The molecular formula is C17H17N3O2S. The second kappa shape index (κ2) is 4.91. The summed E-state index contributed by atoms with van der Waals surface area (Å²) in [5.41, 5.74) is 4.51. The van der Waals surface area contributed by atoms with Gasteiger partial charge in [-0.2, -0.15) is 0 Å². The number of H-pyrrole nitrogens is 1. The lowest BCUT2D eigenvalue weighted by Gasteiger charge is -2.08. The number of rotatable bonds is 3. The molecule has 0 aliphatic heterocycles. The lowest BCUT2D eigenvalue weighted by atomic mass is 10.0. The molecule has 0 unspecified atom stereocenters. The predicted molar refractivity (Wildman–Crippen MR) is 89.6 cm³/mol. The maximum atomic E-state index is 11.7. The number of benzene rings is 1. The van der Waals surface area contributed by atoms with Gasteiger partial charge in [-0.1, -0.05) is 12.1 Å². The Hall–Kier alpha value is -2.18. The molecule has 0 saturated heterocycles. The zero-order chi connectivity index (χ0) is 16.2. The van der Waals surface area contributed by atoms with Crippen molar-refractivity contribution in [3.05, 3.63) is 47.8 Å². The Labute approximate surface area is 134 Å². The third-order valence-corrected chi connectivity index (χ3v) is 5.46. The number of aryl methyl sites for hydroxylation is 1. The van der Waals surface area contributed by atoms with Gasteiger partial charge in [0, 0.05) is 23.3 Å². The average Bonchev–Trinajstić information content (AvgIpc) is 3.26. The summed E-state index contributed by atoms with van der Waals surface area (Å²) < 4.78 is 23.4. The number of fused-ring (bicyclic) bond motifs is 1. The third kappa shape index (κ3) is 2.54. The second-order valence-electron chi connectivity index (χ2n) is 6.16. The summed E-state index contributed by atoms with van der Waals surface area (Å²) in [7, 11) is -3.73. The Morgan fingerprint density at radius 2 is 2.00 bits per heavy atom. The first kappa shape index (κ1) is 14.4. The molecule has 0 radical (unpaired) electrons. The van der Waals surface area contributed by atoms with Gasteiger partial charge in [0.25, 0.3) is 0 Å². The molecule has 0 bridgehead atoms. The molecule has 1 fully saturated rings. The number of nitrogens with one attached hydrogen (secondary N) is 1. The summed E-state index contributed by atoms with van der Waals surface area (Å²) >= 11 is 0. The van der Waals surface area contributed by atoms with Crippen LogP contribution in [0.5, 0.6) is 0 Å². The Morgan fingerprint density at radius 1 is 1.22 bits per heavy atom. The summed E-state index contributed by atoms with van der Waals surface area (Å²) in [6, 6.07) is 7.37. The fourth-order valence-corrected chi connectivity index (χ4v) is 3.81. The van der Waals surface area contributed by atoms with Gasteiger partial charge >= 0.3 is 0 Å². The van der Waals surface area contributed by atoms with Crippen molar-refractivity contribution in [2.75, 3.05) is 0 Å². The van der Waals surface area contributed by atoms with Crippen LogP contribution in [0.1, 0.15) is 29.9 Å². The minimum atomic E-state index is -3.73. The fraction of sp³-hybridized carbons (Fsp3) is 0.235. The molecular weight excluding hydrogens is 310 g/mol. The van der Waals surface area contributed by atoms with E-state index < -0.39 is 10.0 Å². The summed E-state index contributed by atoms with van der Waals surface area (Å²) in [5, 5.41) is 6.42. The predicted octanol–water partition coefficient (Wildman–Crippen LogP) is 3.06. The van der Waals surface area contributed by atoms with Crippen LogP contribution >= 0.6 is 0 Å². The highest BCUT2D eigenvalue weighted by Gasteiger charge is 2.26. The molecule has 6 heteroatoms. The first-order valence-electron chi connectivity index (χ1n) is 7.54. The van der Waals surface area contributed by atoms with E-state index in [1.165, 1.54) is 18.4 Å². The van der Waals surface area contributed by atoms with E-state index in [9.17, 15) is 8.42 Å². The van der Waals surface area contributed by atoms with Crippen molar-refractivity contribution < 1.29 is 8.42 Å². The zero-order valence-corrected chi connectivity index (χ0v) is 13.5. The molecule has 1 aliphatic carbocycles. The van der Waals surface area contributed by atoms with Gasteiger partial charge < -0.3 is 4.98 Å². The summed E-state index contributed by atoms with van der Waals surface area (Å²) in [6.45, 7) is 1.74. The monoisotopic (exact) mass is 327 g/mol. The van der Waals surface area contributed by atoms with Gasteiger partial charge in [0.2, 0.25) is 10.0 Å². The smallest absolute Gasteiger partial charge is 0.238 e. The summed E-state index contributed by atoms with van der Waals surface area (Å²) in [6.07, 6.45) is 6.23. The Kier molecular flexibility index (Phi) is 3.08. The van der Waals surface area contributed by atoms with E-state index in [1.54, 1.807) is 25.3 Å². The fourth-order valence-electron chi connectivity index (χ4n) is 3.00. The van der Waals surface area contributed by atoms with Crippen LogP contribution in [0.25, 0.3) is 22.2 Å². The standard InChI is InChI=1S/C17H17N3O2S/c1-10-2-3-12(7-16(10)23(18,21)22)13-6-14-15(11-4-5-11)9-20-17(14)19-8-13/h2-3,6-9,11H,4-5H2,1H3,(H,19,20)(H2,18,21,22). The van der Waals surface area contributed by atoms with Crippen molar-refractivity contribution in [1.29, 1.82) is 0 Å². The average molecular weight is 327 g/mol. The maximum Gasteiger partial charge on any atom is 0.238 e. The number of hydrogen-bond donors (Lipinski definition) is 2. The van der Waals surface area contributed by atoms with Gasteiger partial charge in [0.05, 0.1) is 4.90 Å². The molecule has 0 amide bonds. The molecule has 1 saturated carbocycles. The van der Waals surface area contributed by atoms with Gasteiger partial charge in [-0.3, -0.25) is 0 Å². The molecule has 2 heterocycles. The summed E-state index contributed by atoms with van der Waals surface area (Å²) in [5.74, 6) is 0.624. The van der Waals surface area contributed by atoms with Gasteiger partial charge in [-0.25, -0.2) is 18.5 Å². The van der Waals surface area contributed by atoms with E-state index in [0.717, 1.165) is 22.2 Å². The normalized spacial score (nSPS) is 15.2. The number of hydrogen-bond acceptors (Lipinski definition) is 3. The highest BCUT2D eigenvalue weighted by Crippen LogP contribution is 2.43. The molecule has 2 aromatic heterocycles. The number of aromatic nitrogens is 2. The van der Waals surface area contributed by atoms with Gasteiger partial charge in [0.1, 0.15) is 5.65 Å². The van der Waals surface area contributed by atoms with Crippen LogP contribution in [0, 0.1) is 6.92 Å². The van der Waals surface area contributed by atoms with E-state index in [2.05, 4.69) is 16.0 Å². The van der Waals surface area contributed by atoms with Crippen LogP contribution in [-0.2, 0) is 10.0 Å². The van der Waals surface area contributed by atoms with Crippen molar-refractivity contribution in [3.63, 3.8) is 0 Å². The van der Waals surface area contributed by atoms with Crippen LogP contribution in [-0.4, -0.2) is 18.4 Å². The minimum absolute atomic E-state index is 0.159. The Bertz CT molecular complexity index is 1020. The maximum absolute atomic E-state index is 11.7. The first-order chi connectivity index (χ1) is 10.9. The number of aromatic amines is 1. The zero-order valence-electron chi connectivity index (χ0n) is 12.7. The van der Waals surface area contributed by atoms with E-state index in [-0.39, 0.29) is 4.90 Å². The molecule has 23 heavy (non-hydrogen) atoms. The molecule has 3 N–H and O–H groups in total. The lowest BCUT2D eigenvalue weighted by Crippen LogP contribution is -2.13. The highest BCUT2D eigenvalue weighted by atomic mass is 32.2. The Morgan fingerprint density at radius 3 is 2.70 bits per heavy atom. The van der Waals surface area contributed by atoms with Crippen LogP contribution in [0.4, 0.5) is 0 Å². The van der Waals surface area contributed by atoms with Crippen molar-refractivity contribution in [3.8, 4) is 11.1 Å². The number of pyridine rings is 1. The molecule has 3 aromatic rings. The van der Waals surface area contributed by atoms with Gasteiger partial charge in [-0.15, -0.1) is 0 Å². The van der Waals surface area contributed by atoms with Crippen LogP contribution in [0.3, 0.4) is 0 Å². The van der Waals surface area contributed by atoms with E-state index in [0.29, 0.717) is 11.5 Å². The van der Waals surface area contributed by atoms with Crippen molar-refractivity contribution >= 4 is 21.1 Å². The molecule has 0 spiro atoms. The summed E-state index contributed by atoms with van der Waals surface area (Å²) in [4.78, 5) is 7.83. The van der Waals surface area contributed by atoms with Crippen LogP contribution < -0.4 is 5.14 Å². The molecule has 118 valence electrons. The van der Waals surface area contributed by atoms with E-state index in [4.69, 9.17) is 5.14 Å². The van der Waals surface area contributed by atoms with Crippen molar-refractivity contribution in [2.45, 2.75) is 30.6 Å². The molecule has 1 aromatic carbocycles. The number of primary sulfonamides is 1. The number of nitrogens with two attached hydrogens (primary N) is 1. The molecule has 4 rings (SSSR count). The minimum Gasteiger partial charge on any atom is -0.346 e. The van der Waals surface area contributed by atoms with Crippen molar-refractivity contribution in [2.24, 2.45) is 5.14 Å². The van der Waals surface area contributed by atoms with Crippen LogP contribution in [0.2, 0.25) is 0 Å². The van der Waals surface area contributed by atoms with Gasteiger partial charge in [-0.05, 0) is 54.5 Å². The third-order valence-electron chi connectivity index (χ3n) is 4.41. The largest absolute Gasteiger partial charge is 0.346 e. The van der Waals surface area contributed by atoms with Crippen LogP contribution in [0.15, 0.2) is 41.6 Å². The van der Waals surface area contributed by atoms with Crippen molar-refractivity contribution in [1.82, 2.24) is 9.97 Å². The Balaban J connectivity index is 1.87. The SMILES string of the molecule is Cc1ccc(-c2cnc3[nH]cc(C4CC4)c3c2)cc1S(N)(=O)=O. The second-order valence-corrected chi connectivity index (χ2v) is 7.69. The quantitative estimate of drug-likeness (QED) is 0.775. The molecule has 5 nitrogen and oxygen atoms in total. The molecule has 1 aliphatic rings. The lowest BCUT2D eigenvalue weighted by molar-refractivity contribution is 0.597. The number of sulfonamides is 1. The van der Waals surface area contributed by atoms with Gasteiger partial charge in [0.15, 0.2) is 0 Å². The van der Waals surface area contributed by atoms with E-state index >= 15 is 0 Å². The highest BCUT2D eigenvalue weighted by molar-refractivity contribution is 7.89. The van der Waals surface area contributed by atoms with E-state index in [1.807, 2.05) is 12.3 Å². The topological polar surface area (TPSA) is 88.8 Å².